The van der Waals surface area contributed by atoms with E-state index in [0.29, 0.717) is 40.9 Å². The Morgan fingerprint density at radius 2 is 1.97 bits per heavy atom. The Balaban J connectivity index is 1.76. The number of nitrogens with zero attached hydrogens (tertiary/aromatic N) is 1. The molecule has 0 aliphatic carbocycles. The highest BCUT2D eigenvalue weighted by atomic mass is 35.5. The lowest BCUT2D eigenvalue weighted by Gasteiger charge is -2.33. The van der Waals surface area contributed by atoms with Crippen molar-refractivity contribution in [2.24, 2.45) is 0 Å². The Kier molecular flexibility index (Phi) is 7.49. The molecule has 2 aromatic carbocycles. The first-order valence-corrected chi connectivity index (χ1v) is 10.1. The second kappa shape index (κ2) is 10.3. The Hall–Kier alpha value is -3.10. The molecular weight excluding hydrogens is 424 g/mol. The predicted octanol–water partition coefficient (Wildman–Crippen LogP) is 2.48. The third-order valence-electron chi connectivity index (χ3n) is 4.72. The summed E-state index contributed by atoms with van der Waals surface area (Å²) in [5.41, 5.74) is 0.700. The lowest BCUT2D eigenvalue weighted by Crippen LogP contribution is -2.51. The summed E-state index contributed by atoms with van der Waals surface area (Å²) in [5, 5.41) is 3.28. The summed E-state index contributed by atoms with van der Waals surface area (Å²) >= 11 is 5.85. The second-order valence-electron chi connectivity index (χ2n) is 6.86. The number of Topliss-reactive ketones (excluding diaryl/α,β-unsaturated/α-hetero) is 1. The molecule has 2 amide bonds. The van der Waals surface area contributed by atoms with E-state index in [1.807, 2.05) is 0 Å². The summed E-state index contributed by atoms with van der Waals surface area (Å²) in [6.45, 7) is 1.93. The van der Waals surface area contributed by atoms with Crippen LogP contribution in [-0.2, 0) is 14.3 Å². The van der Waals surface area contributed by atoms with E-state index in [1.54, 1.807) is 49.4 Å². The second-order valence-corrected chi connectivity index (χ2v) is 7.30. The van der Waals surface area contributed by atoms with Gasteiger partial charge in [-0.2, -0.15) is 0 Å². The van der Waals surface area contributed by atoms with E-state index in [2.05, 4.69) is 5.32 Å². The molecule has 9 heteroatoms. The molecular formula is C22H23ClN2O6. The van der Waals surface area contributed by atoms with Crippen LogP contribution in [0.3, 0.4) is 0 Å². The van der Waals surface area contributed by atoms with Crippen LogP contribution in [0.2, 0.25) is 5.02 Å². The van der Waals surface area contributed by atoms with Gasteiger partial charge in [0.25, 0.3) is 5.91 Å². The van der Waals surface area contributed by atoms with Gasteiger partial charge in [-0.1, -0.05) is 11.6 Å². The van der Waals surface area contributed by atoms with Crippen LogP contribution in [0.4, 0.5) is 5.69 Å². The highest BCUT2D eigenvalue weighted by Gasteiger charge is 2.33. The molecule has 1 aliphatic rings. The lowest BCUT2D eigenvalue weighted by molar-refractivity contribution is -0.127. The van der Waals surface area contributed by atoms with Crippen molar-refractivity contribution >= 4 is 34.9 Å². The summed E-state index contributed by atoms with van der Waals surface area (Å²) in [6.07, 6.45) is 0. The minimum atomic E-state index is -0.789. The zero-order valence-corrected chi connectivity index (χ0v) is 18.0. The highest BCUT2D eigenvalue weighted by Crippen LogP contribution is 2.34. The van der Waals surface area contributed by atoms with Crippen LogP contribution in [0.5, 0.6) is 11.5 Å². The summed E-state index contributed by atoms with van der Waals surface area (Å²) in [5.74, 6) is -0.0543. The number of ketones is 1. The van der Waals surface area contributed by atoms with Crippen LogP contribution in [0.25, 0.3) is 0 Å². The monoisotopic (exact) mass is 446 g/mol. The molecule has 3 rings (SSSR count). The van der Waals surface area contributed by atoms with Gasteiger partial charge >= 0.3 is 0 Å². The molecule has 0 bridgehead atoms. The van der Waals surface area contributed by atoms with Gasteiger partial charge in [-0.3, -0.25) is 19.3 Å². The molecule has 0 radical (unpaired) electrons. The van der Waals surface area contributed by atoms with Crippen LogP contribution in [0.1, 0.15) is 17.3 Å². The van der Waals surface area contributed by atoms with E-state index in [9.17, 15) is 14.4 Å². The number of hydrogen-bond acceptors (Lipinski definition) is 6. The van der Waals surface area contributed by atoms with Crippen molar-refractivity contribution < 1.29 is 28.6 Å². The van der Waals surface area contributed by atoms with Gasteiger partial charge in [0.2, 0.25) is 5.91 Å². The number of rotatable bonds is 9. The van der Waals surface area contributed by atoms with E-state index in [4.69, 9.17) is 25.8 Å². The van der Waals surface area contributed by atoms with Gasteiger partial charge < -0.3 is 19.5 Å². The van der Waals surface area contributed by atoms with Crippen molar-refractivity contribution in [2.45, 2.75) is 13.0 Å². The van der Waals surface area contributed by atoms with Gasteiger partial charge in [-0.15, -0.1) is 0 Å². The van der Waals surface area contributed by atoms with E-state index in [1.165, 1.54) is 12.0 Å². The quantitative estimate of drug-likeness (QED) is 0.470. The normalized spacial score (nSPS) is 13.8. The molecule has 1 aliphatic heterocycles. The zero-order chi connectivity index (χ0) is 22.4. The van der Waals surface area contributed by atoms with Crippen molar-refractivity contribution in [3.05, 3.63) is 53.1 Å². The zero-order valence-electron chi connectivity index (χ0n) is 17.2. The Bertz CT molecular complexity index is 963. The molecule has 0 fully saturated rings. The number of halogens is 1. The molecule has 1 atom stereocenters. The SMILES string of the molecule is COCCNC(=O)C(C)N1C(=O)COc2ccc(C(=O)COc3ccc(Cl)cc3)cc21. The van der Waals surface area contributed by atoms with Crippen molar-refractivity contribution in [3.8, 4) is 11.5 Å². The fourth-order valence-corrected chi connectivity index (χ4v) is 3.20. The van der Waals surface area contributed by atoms with Crippen LogP contribution in [0.15, 0.2) is 42.5 Å². The molecule has 0 spiro atoms. The first-order chi connectivity index (χ1) is 14.9. The molecule has 31 heavy (non-hydrogen) atoms. The average molecular weight is 447 g/mol. The van der Waals surface area contributed by atoms with Crippen molar-refractivity contribution in [1.82, 2.24) is 5.32 Å². The first kappa shape index (κ1) is 22.6. The van der Waals surface area contributed by atoms with Crippen LogP contribution >= 0.6 is 11.6 Å². The van der Waals surface area contributed by atoms with Gasteiger partial charge in [0.05, 0.1) is 12.3 Å². The van der Waals surface area contributed by atoms with Gasteiger partial charge in [0.15, 0.2) is 19.0 Å². The first-order valence-electron chi connectivity index (χ1n) is 9.68. The molecule has 0 saturated heterocycles. The smallest absolute Gasteiger partial charge is 0.265 e. The Labute approximate surface area is 185 Å². The fraction of sp³-hybridized carbons (Fsp3) is 0.318. The van der Waals surface area contributed by atoms with E-state index < -0.39 is 6.04 Å². The predicted molar refractivity (Wildman–Crippen MR) is 115 cm³/mol. The average Bonchev–Trinajstić information content (AvgIpc) is 2.77. The number of amides is 2. The molecule has 1 N–H and O–H groups in total. The molecule has 0 saturated carbocycles. The van der Waals surface area contributed by atoms with Crippen molar-refractivity contribution in [2.75, 3.05) is 38.4 Å². The molecule has 1 heterocycles. The number of nitrogens with one attached hydrogen (secondary N) is 1. The number of hydrogen-bond donors (Lipinski definition) is 1. The Morgan fingerprint density at radius 3 is 2.68 bits per heavy atom. The summed E-state index contributed by atoms with van der Waals surface area (Å²) in [6, 6.07) is 10.6. The van der Waals surface area contributed by atoms with Gasteiger partial charge in [-0.05, 0) is 49.4 Å². The largest absolute Gasteiger partial charge is 0.485 e. The molecule has 1 unspecified atom stereocenters. The third kappa shape index (κ3) is 5.53. The van der Waals surface area contributed by atoms with E-state index in [-0.39, 0.29) is 30.8 Å². The Morgan fingerprint density at radius 1 is 1.23 bits per heavy atom. The summed E-state index contributed by atoms with van der Waals surface area (Å²) in [7, 11) is 1.53. The fourth-order valence-electron chi connectivity index (χ4n) is 3.07. The molecule has 8 nitrogen and oxygen atoms in total. The van der Waals surface area contributed by atoms with Gasteiger partial charge in [0, 0.05) is 24.2 Å². The third-order valence-corrected chi connectivity index (χ3v) is 4.97. The number of ether oxygens (including phenoxy) is 3. The lowest BCUT2D eigenvalue weighted by atomic mass is 10.1. The number of benzene rings is 2. The maximum Gasteiger partial charge on any atom is 0.265 e. The minimum absolute atomic E-state index is 0.185. The molecule has 164 valence electrons. The number of anilines is 1. The number of carbonyl (C=O) groups is 3. The molecule has 2 aromatic rings. The van der Waals surface area contributed by atoms with Crippen LogP contribution in [0, 0.1) is 0 Å². The summed E-state index contributed by atoms with van der Waals surface area (Å²) in [4.78, 5) is 39.0. The number of carbonyl (C=O) groups excluding carboxylic acids is 3. The van der Waals surface area contributed by atoms with E-state index >= 15 is 0 Å². The van der Waals surface area contributed by atoms with Crippen LogP contribution in [-0.4, -0.2) is 57.1 Å². The van der Waals surface area contributed by atoms with E-state index in [0.717, 1.165) is 0 Å². The van der Waals surface area contributed by atoms with Crippen molar-refractivity contribution in [3.63, 3.8) is 0 Å². The van der Waals surface area contributed by atoms with Gasteiger partial charge in [0.1, 0.15) is 17.5 Å². The standard InChI is InChI=1S/C22H23ClN2O6/c1-14(22(28)24-9-10-29-2)25-18-11-15(3-8-20(18)31-13-21(25)27)19(26)12-30-17-6-4-16(23)5-7-17/h3-8,11,14H,9-10,12-13H2,1-2H3,(H,24,28). The van der Waals surface area contributed by atoms with Crippen molar-refractivity contribution in [1.29, 1.82) is 0 Å². The summed E-state index contributed by atoms with van der Waals surface area (Å²) < 4.78 is 15.9. The van der Waals surface area contributed by atoms with Gasteiger partial charge in [-0.25, -0.2) is 0 Å². The maximum absolute atomic E-state index is 12.6. The topological polar surface area (TPSA) is 94.2 Å². The van der Waals surface area contributed by atoms with Crippen LogP contribution < -0.4 is 19.7 Å². The number of fused-ring (bicyclic) bond motifs is 1. The maximum atomic E-state index is 12.6. The highest BCUT2D eigenvalue weighted by molar-refractivity contribution is 6.30. The minimum Gasteiger partial charge on any atom is -0.485 e. The number of methoxy groups -OCH3 is 1. The molecule has 0 aromatic heterocycles.